The van der Waals surface area contributed by atoms with Crippen molar-refractivity contribution in [2.24, 2.45) is 5.73 Å². The Kier molecular flexibility index (Phi) is 7.15. The Morgan fingerprint density at radius 3 is 2.57 bits per heavy atom. The van der Waals surface area contributed by atoms with E-state index in [0.29, 0.717) is 31.6 Å². The summed E-state index contributed by atoms with van der Waals surface area (Å²) in [7, 11) is 0. The van der Waals surface area contributed by atoms with Crippen LogP contribution in [0.2, 0.25) is 0 Å². The first kappa shape index (κ1) is 24.4. The van der Waals surface area contributed by atoms with Gasteiger partial charge < -0.3 is 26.2 Å². The van der Waals surface area contributed by atoms with Crippen molar-refractivity contribution in [3.63, 3.8) is 0 Å². The molecule has 186 valence electrons. The monoisotopic (exact) mass is 482 g/mol. The van der Waals surface area contributed by atoms with Gasteiger partial charge in [-0.25, -0.2) is 0 Å². The lowest BCUT2D eigenvalue weighted by atomic mass is 9.83. The van der Waals surface area contributed by atoms with Gasteiger partial charge in [-0.05, 0) is 25.3 Å². The minimum absolute atomic E-state index is 0.0526. The summed E-state index contributed by atoms with van der Waals surface area (Å²) in [5, 5.41) is 12.1. The van der Waals surface area contributed by atoms with Crippen LogP contribution in [0.5, 0.6) is 0 Å². The van der Waals surface area contributed by atoms with Crippen molar-refractivity contribution in [1.29, 1.82) is 0 Å². The highest BCUT2D eigenvalue weighted by atomic mass is 16.5. The molecule has 2 aliphatic rings. The van der Waals surface area contributed by atoms with Crippen LogP contribution in [0.3, 0.4) is 0 Å². The largest absolute Gasteiger partial charge is 0.368 e. The number of nitrogens with two attached hydrogens (primary N) is 1. The molecule has 4 rings (SSSR count). The van der Waals surface area contributed by atoms with Crippen molar-refractivity contribution in [3.8, 4) is 0 Å². The minimum atomic E-state index is -1.16. The smallest absolute Gasteiger partial charge is 0.257 e. The molecule has 1 fully saturated rings. The maximum absolute atomic E-state index is 13.4. The number of nitrogens with one attached hydrogen (secondary N) is 3. The van der Waals surface area contributed by atoms with E-state index in [1.165, 1.54) is 5.56 Å². The maximum Gasteiger partial charge on any atom is 0.257 e. The van der Waals surface area contributed by atoms with E-state index in [9.17, 15) is 19.2 Å². The van der Waals surface area contributed by atoms with E-state index in [4.69, 9.17) is 10.3 Å². The average Bonchev–Trinajstić information content (AvgIpc) is 3.19. The third kappa shape index (κ3) is 5.86. The van der Waals surface area contributed by atoms with E-state index >= 15 is 0 Å². The fraction of sp³-hybridized carbons (Fsp3) is 0.458. The summed E-state index contributed by atoms with van der Waals surface area (Å²) in [5.41, 5.74) is 6.40. The molecule has 1 spiro atoms. The molecular weight excluding hydrogens is 452 g/mol. The van der Waals surface area contributed by atoms with Crippen LogP contribution in [0.4, 0.5) is 0 Å². The first-order valence-corrected chi connectivity index (χ1v) is 11.6. The summed E-state index contributed by atoms with van der Waals surface area (Å²) < 4.78 is 5.29. The molecule has 35 heavy (non-hydrogen) atoms. The molecule has 2 aromatic rings. The third-order valence-electron chi connectivity index (χ3n) is 6.61. The number of carbonyl (C=O) groups is 4. The Balaban J connectivity index is 1.58. The van der Waals surface area contributed by atoms with Crippen molar-refractivity contribution < 1.29 is 23.7 Å². The summed E-state index contributed by atoms with van der Waals surface area (Å²) in [5.74, 6) is -1.99. The second-order valence-corrected chi connectivity index (χ2v) is 9.24. The van der Waals surface area contributed by atoms with Crippen LogP contribution in [0, 0.1) is 6.92 Å². The number of hydrogen-bond acceptors (Lipinski definition) is 7. The van der Waals surface area contributed by atoms with Gasteiger partial charge in [0.1, 0.15) is 11.6 Å². The summed E-state index contributed by atoms with van der Waals surface area (Å²) in [4.78, 5) is 52.8. The van der Waals surface area contributed by atoms with E-state index in [-0.39, 0.29) is 30.7 Å². The number of benzene rings is 1. The Morgan fingerprint density at radius 1 is 1.17 bits per heavy atom. The first-order valence-electron chi connectivity index (χ1n) is 11.6. The summed E-state index contributed by atoms with van der Waals surface area (Å²) in [6.07, 6.45) is 0.680. The van der Waals surface area contributed by atoms with E-state index in [0.717, 1.165) is 6.54 Å². The highest BCUT2D eigenvalue weighted by Gasteiger charge is 2.40. The van der Waals surface area contributed by atoms with Crippen molar-refractivity contribution >= 4 is 23.6 Å². The molecule has 0 bridgehead atoms. The quantitative estimate of drug-likeness (QED) is 0.484. The highest BCUT2D eigenvalue weighted by molar-refractivity contribution is 5.97. The first-order chi connectivity index (χ1) is 16.7. The zero-order valence-electron chi connectivity index (χ0n) is 19.6. The van der Waals surface area contributed by atoms with E-state index < -0.39 is 35.2 Å². The van der Waals surface area contributed by atoms with Gasteiger partial charge in [-0.2, -0.15) is 0 Å². The number of rotatable bonds is 3. The molecule has 11 heteroatoms. The topological polar surface area (TPSA) is 160 Å². The Bertz CT molecular complexity index is 1110. The standard InChI is InChI=1S/C24H30N6O5/c1-15-21-18(35-29-15)13-26-19(31)11-17(22(25)33)27-20(32)12-24(28-23(21)34)7-9-30(10-8-24)14-16-5-3-2-4-6-16/h2-6,17H,7-14H2,1H3,(H2,25,33)(H,26,31)(H,27,32)(H,28,34)/t17-/m0/s1. The third-order valence-corrected chi connectivity index (χ3v) is 6.61. The Hall–Kier alpha value is -3.73. The van der Waals surface area contributed by atoms with Crippen LogP contribution in [-0.4, -0.2) is 58.4 Å². The van der Waals surface area contributed by atoms with Gasteiger partial charge in [0, 0.05) is 26.1 Å². The average molecular weight is 483 g/mol. The van der Waals surface area contributed by atoms with Gasteiger partial charge in [-0.3, -0.25) is 24.1 Å². The summed E-state index contributed by atoms with van der Waals surface area (Å²) in [6.45, 7) is 3.66. The molecule has 1 atom stereocenters. The molecule has 3 heterocycles. The number of aryl methyl sites for hydroxylation is 1. The predicted octanol–water partition coefficient (Wildman–Crippen LogP) is 0.128. The number of likely N-dealkylation sites (tertiary alicyclic amines) is 1. The lowest BCUT2D eigenvalue weighted by molar-refractivity contribution is -0.131. The van der Waals surface area contributed by atoms with E-state index in [1.807, 2.05) is 18.2 Å². The Labute approximate surface area is 202 Å². The van der Waals surface area contributed by atoms with Gasteiger partial charge >= 0.3 is 0 Å². The van der Waals surface area contributed by atoms with Crippen LogP contribution in [0.15, 0.2) is 34.9 Å². The molecule has 11 nitrogen and oxygen atoms in total. The van der Waals surface area contributed by atoms with Gasteiger partial charge in [0.25, 0.3) is 5.91 Å². The fourth-order valence-electron chi connectivity index (χ4n) is 4.67. The molecular formula is C24H30N6O5. The molecule has 0 radical (unpaired) electrons. The molecule has 2 aliphatic heterocycles. The predicted molar refractivity (Wildman–Crippen MR) is 125 cm³/mol. The maximum atomic E-state index is 13.4. The molecule has 0 saturated carbocycles. The molecule has 0 unspecified atom stereocenters. The van der Waals surface area contributed by atoms with Gasteiger partial charge in [-0.1, -0.05) is 35.5 Å². The van der Waals surface area contributed by atoms with Crippen LogP contribution in [-0.2, 0) is 27.5 Å². The van der Waals surface area contributed by atoms with Gasteiger partial charge in [0.15, 0.2) is 5.76 Å². The van der Waals surface area contributed by atoms with Crippen molar-refractivity contribution in [2.45, 2.75) is 57.3 Å². The summed E-state index contributed by atoms with van der Waals surface area (Å²) >= 11 is 0. The molecule has 4 amide bonds. The van der Waals surface area contributed by atoms with E-state index in [2.05, 4.69) is 38.1 Å². The normalized spacial score (nSPS) is 21.5. The number of aromatic nitrogens is 1. The number of nitrogens with zero attached hydrogens (tertiary/aromatic N) is 2. The van der Waals surface area contributed by atoms with Gasteiger partial charge in [0.05, 0.1) is 24.2 Å². The molecule has 1 saturated heterocycles. The number of carbonyl (C=O) groups excluding carboxylic acids is 4. The Morgan fingerprint density at radius 2 is 1.89 bits per heavy atom. The van der Waals surface area contributed by atoms with Crippen LogP contribution < -0.4 is 21.7 Å². The second-order valence-electron chi connectivity index (χ2n) is 9.24. The van der Waals surface area contributed by atoms with Crippen molar-refractivity contribution in [2.75, 3.05) is 13.1 Å². The fourth-order valence-corrected chi connectivity index (χ4v) is 4.67. The number of fused-ring (bicyclic) bond motifs is 1. The zero-order valence-corrected chi connectivity index (χ0v) is 19.6. The lowest BCUT2D eigenvalue weighted by Crippen LogP contribution is -2.58. The lowest BCUT2D eigenvalue weighted by Gasteiger charge is -2.42. The number of amides is 4. The number of hydrogen-bond donors (Lipinski definition) is 4. The van der Waals surface area contributed by atoms with Crippen molar-refractivity contribution in [1.82, 2.24) is 26.0 Å². The highest BCUT2D eigenvalue weighted by Crippen LogP contribution is 2.28. The molecule has 0 aliphatic carbocycles. The summed E-state index contributed by atoms with van der Waals surface area (Å²) in [6, 6.07) is 8.93. The number of primary amides is 1. The van der Waals surface area contributed by atoms with Crippen molar-refractivity contribution in [3.05, 3.63) is 52.9 Å². The molecule has 5 N–H and O–H groups in total. The van der Waals surface area contributed by atoms with Gasteiger partial charge in [-0.15, -0.1) is 0 Å². The van der Waals surface area contributed by atoms with Crippen LogP contribution >= 0.6 is 0 Å². The van der Waals surface area contributed by atoms with Crippen LogP contribution in [0.25, 0.3) is 0 Å². The SMILES string of the molecule is Cc1noc2c1C(=O)NC1(CCN(Cc3ccccc3)CC1)CC(=O)N[C@H](C(N)=O)CC(=O)NC2. The van der Waals surface area contributed by atoms with E-state index in [1.54, 1.807) is 6.92 Å². The van der Waals surface area contributed by atoms with Crippen LogP contribution in [0.1, 0.15) is 53.1 Å². The van der Waals surface area contributed by atoms with Gasteiger partial charge in [0.2, 0.25) is 17.7 Å². The second kappa shape index (κ2) is 10.3. The number of piperidine rings is 1. The minimum Gasteiger partial charge on any atom is -0.368 e. The molecule has 1 aromatic carbocycles. The zero-order chi connectivity index (χ0) is 25.0. The molecule has 1 aromatic heterocycles.